The van der Waals surface area contributed by atoms with E-state index >= 15 is 0 Å². The van der Waals surface area contributed by atoms with Crippen LogP contribution in [-0.4, -0.2) is 30.6 Å². The summed E-state index contributed by atoms with van der Waals surface area (Å²) in [5, 5.41) is 3.74. The molecule has 112 valence electrons. The van der Waals surface area contributed by atoms with Crippen LogP contribution in [0.4, 0.5) is 5.69 Å². The van der Waals surface area contributed by atoms with Crippen molar-refractivity contribution in [2.24, 2.45) is 0 Å². The Morgan fingerprint density at radius 2 is 1.90 bits per heavy atom. The van der Waals surface area contributed by atoms with Crippen molar-refractivity contribution in [1.82, 2.24) is 4.90 Å². The lowest BCUT2D eigenvalue weighted by Crippen LogP contribution is -2.27. The van der Waals surface area contributed by atoms with Crippen LogP contribution >= 0.6 is 15.9 Å². The highest BCUT2D eigenvalue weighted by Crippen LogP contribution is 2.26. The fraction of sp³-hybridized carbons (Fsp3) is 0.647. The number of benzene rings is 1. The van der Waals surface area contributed by atoms with Gasteiger partial charge in [-0.2, -0.15) is 0 Å². The summed E-state index contributed by atoms with van der Waals surface area (Å²) in [4.78, 5) is 2.61. The first kappa shape index (κ1) is 15.8. The van der Waals surface area contributed by atoms with Crippen LogP contribution in [0, 0.1) is 13.8 Å². The monoisotopic (exact) mass is 338 g/mol. The maximum atomic E-state index is 3.74. The predicted molar refractivity (Wildman–Crippen MR) is 91.6 cm³/mol. The zero-order chi connectivity index (χ0) is 14.5. The molecular formula is C17H27BrN2. The number of hydrogen-bond acceptors (Lipinski definition) is 2. The van der Waals surface area contributed by atoms with E-state index < -0.39 is 0 Å². The van der Waals surface area contributed by atoms with Crippen molar-refractivity contribution in [2.45, 2.75) is 52.5 Å². The summed E-state index contributed by atoms with van der Waals surface area (Å²) in [6.07, 6.45) is 5.12. The lowest BCUT2D eigenvalue weighted by atomic mass is 10.1. The Labute approximate surface area is 132 Å². The quantitative estimate of drug-likeness (QED) is 0.852. The molecule has 1 N–H and O–H groups in total. The van der Waals surface area contributed by atoms with Crippen LogP contribution < -0.4 is 5.32 Å². The number of likely N-dealkylation sites (tertiary alicyclic amines) is 1. The summed E-state index contributed by atoms with van der Waals surface area (Å²) in [6.45, 7) is 10.4. The van der Waals surface area contributed by atoms with Gasteiger partial charge in [-0.25, -0.2) is 0 Å². The van der Waals surface area contributed by atoms with Crippen molar-refractivity contribution in [2.75, 3.05) is 25.0 Å². The standard InChI is InChI=1S/C17H27BrN2/c1-4-8-20-9-5-6-15(7-10-20)19-16-11-13(2)17(18)14(3)12-16/h11-12,15,19H,4-10H2,1-3H3. The molecule has 0 amide bonds. The normalized spacial score (nSPS) is 20.7. The van der Waals surface area contributed by atoms with Gasteiger partial charge in [0.2, 0.25) is 0 Å². The van der Waals surface area contributed by atoms with Gasteiger partial charge in [-0.3, -0.25) is 0 Å². The minimum atomic E-state index is 0.622. The highest BCUT2D eigenvalue weighted by atomic mass is 79.9. The minimum absolute atomic E-state index is 0.622. The van der Waals surface area contributed by atoms with E-state index in [1.165, 1.54) is 66.6 Å². The Hall–Kier alpha value is -0.540. The molecular weight excluding hydrogens is 312 g/mol. The molecule has 1 aliphatic heterocycles. The molecule has 1 saturated heterocycles. The number of rotatable bonds is 4. The Kier molecular flexibility index (Phi) is 5.91. The maximum absolute atomic E-state index is 3.74. The Morgan fingerprint density at radius 3 is 2.55 bits per heavy atom. The van der Waals surface area contributed by atoms with Gasteiger partial charge >= 0.3 is 0 Å². The fourth-order valence-corrected chi connectivity index (χ4v) is 3.33. The van der Waals surface area contributed by atoms with Gasteiger partial charge < -0.3 is 10.2 Å². The molecule has 1 aliphatic rings. The van der Waals surface area contributed by atoms with Gasteiger partial charge in [0.1, 0.15) is 0 Å². The van der Waals surface area contributed by atoms with Crippen molar-refractivity contribution < 1.29 is 0 Å². The molecule has 1 aromatic carbocycles. The lowest BCUT2D eigenvalue weighted by molar-refractivity contribution is 0.285. The summed E-state index contributed by atoms with van der Waals surface area (Å²) in [7, 11) is 0. The first-order valence-electron chi connectivity index (χ1n) is 7.85. The number of nitrogens with zero attached hydrogens (tertiary/aromatic N) is 1. The van der Waals surface area contributed by atoms with Crippen LogP contribution in [0.25, 0.3) is 0 Å². The van der Waals surface area contributed by atoms with E-state index in [9.17, 15) is 0 Å². The molecule has 3 heteroatoms. The topological polar surface area (TPSA) is 15.3 Å². The fourth-order valence-electron chi connectivity index (χ4n) is 3.10. The van der Waals surface area contributed by atoms with Crippen LogP contribution in [0.3, 0.4) is 0 Å². The second-order valence-electron chi connectivity index (χ2n) is 6.04. The second kappa shape index (κ2) is 7.46. The Bertz CT molecular complexity index is 422. The third-order valence-electron chi connectivity index (χ3n) is 4.17. The van der Waals surface area contributed by atoms with Gasteiger partial charge in [-0.05, 0) is 75.9 Å². The third kappa shape index (κ3) is 4.23. The van der Waals surface area contributed by atoms with Crippen molar-refractivity contribution in [3.63, 3.8) is 0 Å². The molecule has 1 aromatic rings. The van der Waals surface area contributed by atoms with E-state index in [0.717, 1.165) is 0 Å². The SMILES string of the molecule is CCCN1CCCC(Nc2cc(C)c(Br)c(C)c2)CC1. The number of anilines is 1. The van der Waals surface area contributed by atoms with Crippen LogP contribution in [0.2, 0.25) is 0 Å². The number of aryl methyl sites for hydroxylation is 2. The summed E-state index contributed by atoms with van der Waals surface area (Å²) in [5.41, 5.74) is 3.90. The Balaban J connectivity index is 1.96. The molecule has 1 unspecified atom stereocenters. The summed E-state index contributed by atoms with van der Waals surface area (Å²) < 4.78 is 1.23. The molecule has 0 radical (unpaired) electrons. The van der Waals surface area contributed by atoms with E-state index in [0.29, 0.717) is 6.04 Å². The van der Waals surface area contributed by atoms with E-state index in [1.54, 1.807) is 0 Å². The third-order valence-corrected chi connectivity index (χ3v) is 5.42. The van der Waals surface area contributed by atoms with Crippen molar-refractivity contribution in [3.05, 3.63) is 27.7 Å². The highest BCUT2D eigenvalue weighted by Gasteiger charge is 2.16. The van der Waals surface area contributed by atoms with Gasteiger partial charge in [0.15, 0.2) is 0 Å². The first-order valence-corrected chi connectivity index (χ1v) is 8.65. The summed E-state index contributed by atoms with van der Waals surface area (Å²) >= 11 is 3.64. The van der Waals surface area contributed by atoms with Crippen LogP contribution in [0.15, 0.2) is 16.6 Å². The molecule has 2 nitrogen and oxygen atoms in total. The van der Waals surface area contributed by atoms with Gasteiger partial charge in [0.25, 0.3) is 0 Å². The van der Waals surface area contributed by atoms with E-state index in [2.05, 4.69) is 59.1 Å². The molecule has 0 bridgehead atoms. The zero-order valence-electron chi connectivity index (χ0n) is 13.0. The minimum Gasteiger partial charge on any atom is -0.382 e. The molecule has 1 atom stereocenters. The molecule has 2 rings (SSSR count). The maximum Gasteiger partial charge on any atom is 0.0348 e. The lowest BCUT2D eigenvalue weighted by Gasteiger charge is -2.20. The molecule has 20 heavy (non-hydrogen) atoms. The van der Waals surface area contributed by atoms with Crippen molar-refractivity contribution in [3.8, 4) is 0 Å². The average molecular weight is 339 g/mol. The van der Waals surface area contributed by atoms with Crippen LogP contribution in [0.5, 0.6) is 0 Å². The largest absolute Gasteiger partial charge is 0.382 e. The van der Waals surface area contributed by atoms with Crippen molar-refractivity contribution in [1.29, 1.82) is 0 Å². The Morgan fingerprint density at radius 1 is 1.20 bits per heavy atom. The average Bonchev–Trinajstić information content (AvgIpc) is 2.62. The van der Waals surface area contributed by atoms with Crippen LogP contribution in [0.1, 0.15) is 43.7 Å². The zero-order valence-corrected chi connectivity index (χ0v) is 14.6. The molecule has 0 aromatic heterocycles. The predicted octanol–water partition coefficient (Wildman–Crippen LogP) is 4.74. The van der Waals surface area contributed by atoms with Gasteiger partial charge in [0.05, 0.1) is 0 Å². The van der Waals surface area contributed by atoms with E-state index in [1.807, 2.05) is 0 Å². The summed E-state index contributed by atoms with van der Waals surface area (Å²) in [5.74, 6) is 0. The van der Waals surface area contributed by atoms with E-state index in [-0.39, 0.29) is 0 Å². The number of hydrogen-bond donors (Lipinski definition) is 1. The van der Waals surface area contributed by atoms with Crippen LogP contribution in [-0.2, 0) is 0 Å². The number of halogens is 1. The molecule has 0 saturated carbocycles. The second-order valence-corrected chi connectivity index (χ2v) is 6.83. The molecule has 1 fully saturated rings. The van der Waals surface area contributed by atoms with Gasteiger partial charge in [0, 0.05) is 22.7 Å². The first-order chi connectivity index (χ1) is 9.60. The van der Waals surface area contributed by atoms with Gasteiger partial charge in [-0.1, -0.05) is 22.9 Å². The van der Waals surface area contributed by atoms with Crippen molar-refractivity contribution >= 4 is 21.6 Å². The molecule has 1 heterocycles. The smallest absolute Gasteiger partial charge is 0.0348 e. The number of nitrogens with one attached hydrogen (secondary N) is 1. The van der Waals surface area contributed by atoms with E-state index in [4.69, 9.17) is 0 Å². The molecule has 0 aliphatic carbocycles. The summed E-state index contributed by atoms with van der Waals surface area (Å²) in [6, 6.07) is 5.13. The highest BCUT2D eigenvalue weighted by molar-refractivity contribution is 9.10. The van der Waals surface area contributed by atoms with Gasteiger partial charge in [-0.15, -0.1) is 0 Å². The molecule has 0 spiro atoms.